The summed E-state index contributed by atoms with van der Waals surface area (Å²) < 4.78 is 6.23. The number of nitriles is 1. The number of benzene rings is 2. The Morgan fingerprint density at radius 1 is 1.02 bits per heavy atom. The normalized spacial score (nSPS) is 21.6. The first-order chi connectivity index (χ1) is 21.2. The van der Waals surface area contributed by atoms with Crippen molar-refractivity contribution in [1.29, 1.82) is 5.26 Å². The number of rotatable bonds is 8. The number of carbonyl (C=O) groups is 3. The second-order valence-corrected chi connectivity index (χ2v) is 12.2. The summed E-state index contributed by atoms with van der Waals surface area (Å²) in [5, 5.41) is 27.2. The van der Waals surface area contributed by atoms with Gasteiger partial charge in [0.25, 0.3) is 11.8 Å². The average molecular weight is 596 g/mol. The first-order valence-corrected chi connectivity index (χ1v) is 15.2. The monoisotopic (exact) mass is 595 g/mol. The van der Waals surface area contributed by atoms with Gasteiger partial charge in [0.05, 0.1) is 12.6 Å². The molecular weight excluding hydrogens is 558 g/mol. The number of amides is 3. The van der Waals surface area contributed by atoms with E-state index in [1.165, 1.54) is 0 Å². The number of hydrogen-bond donors (Lipinski definition) is 3. The summed E-state index contributed by atoms with van der Waals surface area (Å²) in [7, 11) is 3.21. The minimum Gasteiger partial charge on any atom is -0.424 e. The highest BCUT2D eigenvalue weighted by Gasteiger charge is 2.54. The smallest absolute Gasteiger partial charge is 0.251 e. The Labute approximate surface area is 256 Å². The van der Waals surface area contributed by atoms with Gasteiger partial charge in [0.1, 0.15) is 11.5 Å². The van der Waals surface area contributed by atoms with Crippen molar-refractivity contribution in [1.82, 2.24) is 31.0 Å². The highest BCUT2D eigenvalue weighted by atomic mass is 16.4. The number of fused-ring (bicyclic) bond motifs is 3. The number of aryl methyl sites for hydroxylation is 3. The molecule has 3 aliphatic rings. The van der Waals surface area contributed by atoms with E-state index < -0.39 is 5.41 Å². The number of piperidine rings is 1. The van der Waals surface area contributed by atoms with Crippen molar-refractivity contribution < 1.29 is 18.8 Å². The molecule has 44 heavy (non-hydrogen) atoms. The second-order valence-electron chi connectivity index (χ2n) is 12.2. The summed E-state index contributed by atoms with van der Waals surface area (Å²) in [6, 6.07) is 13.3. The Balaban J connectivity index is 1.43. The minimum atomic E-state index is -0.940. The van der Waals surface area contributed by atoms with Gasteiger partial charge < -0.3 is 25.3 Å². The van der Waals surface area contributed by atoms with Crippen molar-refractivity contribution >= 4 is 17.7 Å². The molecule has 11 nitrogen and oxygen atoms in total. The van der Waals surface area contributed by atoms with Crippen LogP contribution in [0.3, 0.4) is 0 Å². The van der Waals surface area contributed by atoms with Crippen LogP contribution in [0.1, 0.15) is 80.9 Å². The van der Waals surface area contributed by atoms with Gasteiger partial charge in [0.15, 0.2) is 0 Å². The number of nitrogens with one attached hydrogen (secondary N) is 3. The molecule has 2 aromatic carbocycles. The van der Waals surface area contributed by atoms with Gasteiger partial charge >= 0.3 is 0 Å². The van der Waals surface area contributed by atoms with E-state index >= 15 is 0 Å². The Bertz CT molecular complexity index is 1610. The standard InChI is InChI=1S/C33H37N7O4/c1-18(37-17-29(41)40-25(16-34)13-24-14-28(24)40)15-33(32-39-38-19(2)44-32)26-9-7-22(30(42)35-3)11-20(26)5-6-21-12-23(31(43)36-4)8-10-27(21)33/h7-12,18,24-25,28,37H,5-6,13-15,17H2,1-4H3,(H,35,42)(H,36,43)/t18-,24-,25+,28+/m1/s1. The summed E-state index contributed by atoms with van der Waals surface area (Å²) >= 11 is 0. The molecule has 228 valence electrons. The van der Waals surface area contributed by atoms with Gasteiger partial charge in [-0.15, -0.1) is 10.2 Å². The third-order valence-corrected chi connectivity index (χ3v) is 9.42. The molecule has 2 fully saturated rings. The van der Waals surface area contributed by atoms with E-state index in [-0.39, 0.29) is 42.4 Å². The maximum atomic E-state index is 13.3. The lowest BCUT2D eigenvalue weighted by Crippen LogP contribution is -2.46. The number of carbonyl (C=O) groups excluding carboxylic acids is 3. The average Bonchev–Trinajstić information content (AvgIpc) is 3.53. The highest BCUT2D eigenvalue weighted by molar-refractivity contribution is 5.95. The SMILES string of the molecule is CNC(=O)c1ccc2c(c1)CCc1cc(C(=O)NC)ccc1C2(C[C@@H](C)NCC(=O)N1[C@H](C#N)C[C@@H]2C[C@@H]21)c1nnc(C)o1. The van der Waals surface area contributed by atoms with Crippen LogP contribution in [0.2, 0.25) is 0 Å². The van der Waals surface area contributed by atoms with Gasteiger partial charge in [-0.25, -0.2) is 0 Å². The van der Waals surface area contributed by atoms with Crippen molar-refractivity contribution in [2.45, 2.75) is 69.5 Å². The van der Waals surface area contributed by atoms with Gasteiger partial charge in [0.2, 0.25) is 17.7 Å². The first kappa shape index (κ1) is 29.5. The van der Waals surface area contributed by atoms with E-state index in [1.807, 2.05) is 43.3 Å². The highest BCUT2D eigenvalue weighted by Crippen LogP contribution is 2.49. The van der Waals surface area contributed by atoms with Crippen LogP contribution in [0, 0.1) is 24.2 Å². The van der Waals surface area contributed by atoms with Crippen molar-refractivity contribution in [3.8, 4) is 6.07 Å². The Kier molecular flexibility index (Phi) is 7.72. The molecule has 0 bridgehead atoms. The largest absolute Gasteiger partial charge is 0.424 e. The zero-order valence-electron chi connectivity index (χ0n) is 25.4. The molecule has 3 aromatic rings. The van der Waals surface area contributed by atoms with Gasteiger partial charge in [-0.1, -0.05) is 12.1 Å². The number of nitrogens with zero attached hydrogens (tertiary/aromatic N) is 4. The lowest BCUT2D eigenvalue weighted by Gasteiger charge is -2.36. The molecule has 0 radical (unpaired) electrons. The molecule has 2 heterocycles. The molecule has 1 saturated carbocycles. The fourth-order valence-corrected chi connectivity index (χ4v) is 7.24. The fourth-order valence-electron chi connectivity index (χ4n) is 7.24. The van der Waals surface area contributed by atoms with E-state index in [0.29, 0.717) is 48.1 Å². The topological polar surface area (TPSA) is 153 Å². The summed E-state index contributed by atoms with van der Waals surface area (Å²) in [5.74, 6) is 0.845. The van der Waals surface area contributed by atoms with Crippen LogP contribution in [0.4, 0.5) is 0 Å². The first-order valence-electron chi connectivity index (χ1n) is 15.2. The molecule has 2 aliphatic carbocycles. The van der Waals surface area contributed by atoms with Gasteiger partial charge in [0, 0.05) is 44.2 Å². The Morgan fingerprint density at radius 3 is 2.16 bits per heavy atom. The zero-order chi connectivity index (χ0) is 31.2. The third-order valence-electron chi connectivity index (χ3n) is 9.42. The van der Waals surface area contributed by atoms with E-state index in [0.717, 1.165) is 35.1 Å². The Hall–Kier alpha value is -4.56. The third kappa shape index (κ3) is 5.03. The predicted molar refractivity (Wildman–Crippen MR) is 161 cm³/mol. The van der Waals surface area contributed by atoms with Crippen LogP contribution in [0.15, 0.2) is 40.8 Å². The van der Waals surface area contributed by atoms with Crippen molar-refractivity contribution in [3.05, 3.63) is 81.6 Å². The van der Waals surface area contributed by atoms with Crippen molar-refractivity contribution in [2.24, 2.45) is 5.92 Å². The summed E-state index contributed by atoms with van der Waals surface area (Å²) in [4.78, 5) is 40.3. The van der Waals surface area contributed by atoms with Crippen molar-refractivity contribution in [3.63, 3.8) is 0 Å². The van der Waals surface area contributed by atoms with Crippen LogP contribution in [-0.2, 0) is 23.1 Å². The van der Waals surface area contributed by atoms with Gasteiger partial charge in [-0.2, -0.15) is 5.26 Å². The molecule has 4 atom stereocenters. The number of aromatic nitrogens is 2. The van der Waals surface area contributed by atoms with Crippen LogP contribution in [0.25, 0.3) is 0 Å². The summed E-state index contributed by atoms with van der Waals surface area (Å²) in [6.07, 6.45) is 3.45. The van der Waals surface area contributed by atoms with Gasteiger partial charge in [-0.05, 0) is 91.5 Å². The predicted octanol–water partition coefficient (Wildman–Crippen LogP) is 2.41. The minimum absolute atomic E-state index is 0.0665. The van der Waals surface area contributed by atoms with E-state index in [2.05, 4.69) is 32.2 Å². The van der Waals surface area contributed by atoms with E-state index in [4.69, 9.17) is 4.42 Å². The summed E-state index contributed by atoms with van der Waals surface area (Å²) in [5.41, 5.74) is 3.96. The van der Waals surface area contributed by atoms with Crippen LogP contribution in [0.5, 0.6) is 0 Å². The molecule has 1 aliphatic heterocycles. The van der Waals surface area contributed by atoms with E-state index in [9.17, 15) is 19.6 Å². The molecular formula is C33H37N7O4. The maximum Gasteiger partial charge on any atom is 0.251 e. The Morgan fingerprint density at radius 2 is 1.64 bits per heavy atom. The molecule has 1 aromatic heterocycles. The molecule has 0 unspecified atom stereocenters. The lowest BCUT2D eigenvalue weighted by atomic mass is 9.68. The second kappa shape index (κ2) is 11.5. The van der Waals surface area contributed by atoms with Gasteiger partial charge in [-0.3, -0.25) is 14.4 Å². The molecule has 11 heteroatoms. The van der Waals surface area contributed by atoms with Crippen LogP contribution in [-0.4, -0.2) is 71.6 Å². The maximum absolute atomic E-state index is 13.3. The fraction of sp³-hybridized carbons (Fsp3) is 0.455. The zero-order valence-corrected chi connectivity index (χ0v) is 25.4. The van der Waals surface area contributed by atoms with Crippen LogP contribution < -0.4 is 16.0 Å². The lowest BCUT2D eigenvalue weighted by molar-refractivity contribution is -0.131. The number of hydrogen-bond acceptors (Lipinski definition) is 8. The molecule has 1 saturated heterocycles. The number of likely N-dealkylation sites (tertiary alicyclic amines) is 1. The summed E-state index contributed by atoms with van der Waals surface area (Å²) in [6.45, 7) is 3.87. The molecule has 3 amide bonds. The molecule has 3 N–H and O–H groups in total. The van der Waals surface area contributed by atoms with E-state index in [1.54, 1.807) is 25.9 Å². The molecule has 0 spiro atoms. The van der Waals surface area contributed by atoms with Crippen molar-refractivity contribution in [2.75, 3.05) is 20.6 Å². The quantitative estimate of drug-likeness (QED) is 0.359. The van der Waals surface area contributed by atoms with Crippen LogP contribution >= 0.6 is 0 Å². The molecule has 6 rings (SSSR count).